The van der Waals surface area contributed by atoms with E-state index < -0.39 is 30.4 Å². The highest BCUT2D eigenvalue weighted by Crippen LogP contribution is 2.44. The van der Waals surface area contributed by atoms with Crippen LogP contribution in [0.5, 0.6) is 11.5 Å². The van der Waals surface area contributed by atoms with Gasteiger partial charge in [-0.1, -0.05) is 48.5 Å². The molecule has 9 nitrogen and oxygen atoms in total. The summed E-state index contributed by atoms with van der Waals surface area (Å²) in [6.07, 6.45) is -1.57. The lowest BCUT2D eigenvalue weighted by molar-refractivity contribution is -0.139. The van der Waals surface area contributed by atoms with Crippen LogP contribution in [0, 0.1) is 0 Å². The van der Waals surface area contributed by atoms with E-state index in [4.69, 9.17) is 9.47 Å². The normalized spacial score (nSPS) is 12.7. The Morgan fingerprint density at radius 1 is 0.971 bits per heavy atom. The molecule has 0 saturated heterocycles. The van der Waals surface area contributed by atoms with Gasteiger partial charge in [-0.15, -0.1) is 0 Å². The van der Waals surface area contributed by atoms with Crippen molar-refractivity contribution in [1.82, 2.24) is 5.32 Å². The van der Waals surface area contributed by atoms with Crippen molar-refractivity contribution >= 4 is 23.7 Å². The molecule has 4 rings (SSSR count). The molecule has 4 N–H and O–H groups in total. The molecular weight excluding hydrogens is 452 g/mol. The number of phenols is 1. The van der Waals surface area contributed by atoms with Crippen molar-refractivity contribution in [2.45, 2.75) is 18.4 Å². The summed E-state index contributed by atoms with van der Waals surface area (Å²) in [4.78, 5) is 36.5. The third-order valence-electron chi connectivity index (χ3n) is 5.78. The molecular formula is C26H24N2O7. The number of benzene rings is 3. The van der Waals surface area contributed by atoms with Crippen LogP contribution in [0.2, 0.25) is 0 Å². The minimum Gasteiger partial charge on any atom is -0.504 e. The van der Waals surface area contributed by atoms with Gasteiger partial charge in [-0.25, -0.2) is 4.79 Å². The van der Waals surface area contributed by atoms with E-state index in [-0.39, 0.29) is 29.7 Å². The number of alkyl carbamates (subject to hydrolysis) is 1. The van der Waals surface area contributed by atoms with Crippen molar-refractivity contribution in [3.05, 3.63) is 77.9 Å². The molecule has 2 amide bonds. The fourth-order valence-corrected chi connectivity index (χ4v) is 4.16. The van der Waals surface area contributed by atoms with E-state index in [0.717, 1.165) is 22.3 Å². The van der Waals surface area contributed by atoms with Gasteiger partial charge in [0.2, 0.25) is 5.91 Å². The van der Waals surface area contributed by atoms with Crippen molar-refractivity contribution in [2.24, 2.45) is 0 Å². The zero-order valence-corrected chi connectivity index (χ0v) is 18.9. The lowest BCUT2D eigenvalue weighted by Crippen LogP contribution is -2.45. The van der Waals surface area contributed by atoms with Crippen LogP contribution in [0.25, 0.3) is 11.1 Å². The maximum Gasteiger partial charge on any atom is 0.407 e. The molecule has 0 saturated carbocycles. The number of aliphatic carboxylic acids is 1. The van der Waals surface area contributed by atoms with Crippen LogP contribution in [-0.2, 0) is 14.3 Å². The number of aromatic hydroxyl groups is 1. The zero-order chi connectivity index (χ0) is 24.9. The van der Waals surface area contributed by atoms with Crippen molar-refractivity contribution in [1.29, 1.82) is 0 Å². The standard InChI is InChI=1S/C26H24N2O7/c1-34-23-11-10-15(12-22(23)29)27-25(32)21(13-24(30)31)28-26(33)35-14-20-18-8-4-2-6-16(18)17-7-3-5-9-19(17)20/h2-12,20-21,29H,13-14H2,1H3,(H,27,32)(H,28,33)(H,30,31). The van der Waals surface area contributed by atoms with Gasteiger partial charge in [-0.05, 0) is 34.4 Å². The topological polar surface area (TPSA) is 134 Å². The van der Waals surface area contributed by atoms with Gasteiger partial charge in [0.25, 0.3) is 0 Å². The van der Waals surface area contributed by atoms with Gasteiger partial charge < -0.3 is 30.3 Å². The number of amides is 2. The largest absolute Gasteiger partial charge is 0.504 e. The number of hydrogen-bond acceptors (Lipinski definition) is 6. The molecule has 1 aliphatic carbocycles. The van der Waals surface area contributed by atoms with Crippen LogP contribution in [0.15, 0.2) is 66.7 Å². The van der Waals surface area contributed by atoms with Crippen LogP contribution >= 0.6 is 0 Å². The molecule has 9 heteroatoms. The molecule has 0 fully saturated rings. The number of methoxy groups -OCH3 is 1. The highest BCUT2D eigenvalue weighted by molar-refractivity contribution is 5.98. The number of carbonyl (C=O) groups excluding carboxylic acids is 2. The maximum absolute atomic E-state index is 12.7. The lowest BCUT2D eigenvalue weighted by atomic mass is 9.98. The fraction of sp³-hybridized carbons (Fsp3) is 0.192. The number of carboxylic acids is 1. The Kier molecular flexibility index (Phi) is 6.86. The molecule has 0 bridgehead atoms. The molecule has 1 unspecified atom stereocenters. The van der Waals surface area contributed by atoms with E-state index >= 15 is 0 Å². The zero-order valence-electron chi connectivity index (χ0n) is 18.9. The Hall–Kier alpha value is -4.53. The second kappa shape index (κ2) is 10.2. The van der Waals surface area contributed by atoms with Crippen LogP contribution in [0.1, 0.15) is 23.5 Å². The molecule has 3 aromatic rings. The molecule has 180 valence electrons. The van der Waals surface area contributed by atoms with Crippen LogP contribution in [0.4, 0.5) is 10.5 Å². The molecule has 3 aromatic carbocycles. The van der Waals surface area contributed by atoms with Crippen molar-refractivity contribution in [3.63, 3.8) is 0 Å². The quantitative estimate of drug-likeness (QED) is 0.389. The first-order valence-corrected chi connectivity index (χ1v) is 10.9. The minimum atomic E-state index is -1.40. The molecule has 35 heavy (non-hydrogen) atoms. The minimum absolute atomic E-state index is 0.0215. The summed E-state index contributed by atoms with van der Waals surface area (Å²) in [5, 5.41) is 23.9. The molecule has 0 heterocycles. The smallest absolute Gasteiger partial charge is 0.407 e. The van der Waals surface area contributed by atoms with E-state index in [2.05, 4.69) is 10.6 Å². The predicted molar refractivity (Wildman–Crippen MR) is 128 cm³/mol. The van der Waals surface area contributed by atoms with E-state index in [1.807, 2.05) is 48.5 Å². The highest BCUT2D eigenvalue weighted by atomic mass is 16.5. The Balaban J connectivity index is 1.42. The first-order chi connectivity index (χ1) is 16.9. The Morgan fingerprint density at radius 3 is 2.17 bits per heavy atom. The van der Waals surface area contributed by atoms with Crippen LogP contribution in [0.3, 0.4) is 0 Å². The number of carboxylic acid groups (broad SMARTS) is 1. The second-order valence-corrected chi connectivity index (χ2v) is 8.00. The van der Waals surface area contributed by atoms with E-state index in [9.17, 15) is 24.6 Å². The number of rotatable bonds is 8. The summed E-state index contributed by atoms with van der Waals surface area (Å²) in [5.74, 6) is -2.22. The van der Waals surface area contributed by atoms with Gasteiger partial charge in [-0.3, -0.25) is 9.59 Å². The first-order valence-electron chi connectivity index (χ1n) is 10.9. The van der Waals surface area contributed by atoms with Crippen LogP contribution in [-0.4, -0.2) is 47.9 Å². The van der Waals surface area contributed by atoms with E-state index in [1.165, 1.54) is 25.3 Å². The van der Waals surface area contributed by atoms with Gasteiger partial charge in [0.1, 0.15) is 12.6 Å². The van der Waals surface area contributed by atoms with Gasteiger partial charge in [-0.2, -0.15) is 0 Å². The molecule has 1 aliphatic rings. The van der Waals surface area contributed by atoms with E-state index in [0.29, 0.717) is 0 Å². The van der Waals surface area contributed by atoms with Gasteiger partial charge in [0.05, 0.1) is 13.5 Å². The van der Waals surface area contributed by atoms with Crippen molar-refractivity contribution in [2.75, 3.05) is 19.0 Å². The summed E-state index contributed by atoms with van der Waals surface area (Å²) in [5.41, 5.74) is 4.41. The number of carbonyl (C=O) groups is 3. The van der Waals surface area contributed by atoms with E-state index in [1.54, 1.807) is 0 Å². The SMILES string of the molecule is COc1ccc(NC(=O)C(CC(=O)O)NC(=O)OCC2c3ccccc3-c3ccccc32)cc1O. The van der Waals surface area contributed by atoms with Gasteiger partial charge >= 0.3 is 12.1 Å². The molecule has 1 atom stereocenters. The average molecular weight is 476 g/mol. The summed E-state index contributed by atoms with van der Waals surface area (Å²) >= 11 is 0. The number of hydrogen-bond donors (Lipinski definition) is 4. The fourth-order valence-electron chi connectivity index (χ4n) is 4.16. The molecule has 0 radical (unpaired) electrons. The third kappa shape index (κ3) is 5.19. The first kappa shape index (κ1) is 23.6. The number of phenolic OH excluding ortho intramolecular Hbond substituents is 1. The number of fused-ring (bicyclic) bond motifs is 3. The Labute approximate surface area is 201 Å². The number of ether oxygens (including phenoxy) is 2. The molecule has 0 aliphatic heterocycles. The average Bonchev–Trinajstić information content (AvgIpc) is 3.16. The maximum atomic E-state index is 12.7. The predicted octanol–water partition coefficient (Wildman–Crippen LogP) is 3.72. The molecule has 0 aromatic heterocycles. The monoisotopic (exact) mass is 476 g/mol. The van der Waals surface area contributed by atoms with Gasteiger partial charge in [0, 0.05) is 17.7 Å². The number of nitrogens with one attached hydrogen (secondary N) is 2. The highest BCUT2D eigenvalue weighted by Gasteiger charge is 2.30. The van der Waals surface area contributed by atoms with Crippen molar-refractivity contribution < 1.29 is 34.1 Å². The van der Waals surface area contributed by atoms with Crippen LogP contribution < -0.4 is 15.4 Å². The summed E-state index contributed by atoms with van der Waals surface area (Å²) in [6.45, 7) is 0.0215. The molecule has 0 spiro atoms. The summed E-state index contributed by atoms with van der Waals surface area (Å²) < 4.78 is 10.4. The third-order valence-corrected chi connectivity index (χ3v) is 5.78. The Bertz CT molecular complexity index is 1230. The summed E-state index contributed by atoms with van der Waals surface area (Å²) in [7, 11) is 1.38. The Morgan fingerprint density at radius 2 is 1.60 bits per heavy atom. The summed E-state index contributed by atoms with van der Waals surface area (Å²) in [6, 6.07) is 18.5. The second-order valence-electron chi connectivity index (χ2n) is 8.00. The van der Waals surface area contributed by atoms with Crippen molar-refractivity contribution in [3.8, 4) is 22.6 Å². The lowest BCUT2D eigenvalue weighted by Gasteiger charge is -2.19. The number of anilines is 1. The van der Waals surface area contributed by atoms with Gasteiger partial charge in [0.15, 0.2) is 11.5 Å².